The van der Waals surface area contributed by atoms with Gasteiger partial charge in [0.05, 0.1) is 11.7 Å². The van der Waals surface area contributed by atoms with Crippen molar-refractivity contribution in [2.75, 3.05) is 6.54 Å². The molecule has 1 saturated heterocycles. The number of likely N-dealkylation sites (tertiary alicyclic amines) is 1. The van der Waals surface area contributed by atoms with Crippen LogP contribution in [0, 0.1) is 6.92 Å². The van der Waals surface area contributed by atoms with E-state index in [4.69, 9.17) is 4.98 Å². The highest BCUT2D eigenvalue weighted by atomic mass is 15.2. The summed E-state index contributed by atoms with van der Waals surface area (Å²) in [5.41, 5.74) is 3.48. The summed E-state index contributed by atoms with van der Waals surface area (Å²) in [6.45, 7) is 4.11. The fourth-order valence-electron chi connectivity index (χ4n) is 3.36. The van der Waals surface area contributed by atoms with E-state index in [9.17, 15) is 0 Å². The van der Waals surface area contributed by atoms with Crippen molar-refractivity contribution in [1.29, 1.82) is 0 Å². The molecule has 1 atom stereocenters. The summed E-state index contributed by atoms with van der Waals surface area (Å²) in [5.74, 6) is 0.794. The summed E-state index contributed by atoms with van der Waals surface area (Å²) in [7, 11) is 0. The first-order chi connectivity index (χ1) is 10.8. The molecule has 6 nitrogen and oxygen atoms in total. The molecule has 1 aliphatic heterocycles. The summed E-state index contributed by atoms with van der Waals surface area (Å²) < 4.78 is 2.03. The van der Waals surface area contributed by atoms with Gasteiger partial charge in [0.15, 0.2) is 0 Å². The summed E-state index contributed by atoms with van der Waals surface area (Å²) in [6.07, 6.45) is 9.23. The minimum atomic E-state index is 0.359. The van der Waals surface area contributed by atoms with Crippen molar-refractivity contribution in [3.05, 3.63) is 47.8 Å². The minimum Gasteiger partial charge on any atom is -0.289 e. The number of aromatic nitrogens is 5. The number of hydrogen-bond acceptors (Lipinski definition) is 4. The van der Waals surface area contributed by atoms with Crippen molar-refractivity contribution >= 4 is 5.78 Å². The zero-order valence-corrected chi connectivity index (χ0v) is 12.7. The molecule has 4 rings (SSSR count). The van der Waals surface area contributed by atoms with Crippen molar-refractivity contribution in [2.45, 2.75) is 38.8 Å². The Morgan fingerprint density at radius 2 is 2.27 bits per heavy atom. The monoisotopic (exact) mass is 296 g/mol. The maximum atomic E-state index is 4.78. The quantitative estimate of drug-likeness (QED) is 0.806. The van der Waals surface area contributed by atoms with E-state index < -0.39 is 0 Å². The van der Waals surface area contributed by atoms with Crippen molar-refractivity contribution < 1.29 is 0 Å². The average molecular weight is 296 g/mol. The van der Waals surface area contributed by atoms with E-state index in [0.717, 1.165) is 36.7 Å². The number of nitrogens with one attached hydrogen (secondary N) is 1. The smallest absolute Gasteiger partial charge is 0.234 e. The summed E-state index contributed by atoms with van der Waals surface area (Å²) in [6, 6.07) is 4.60. The predicted octanol–water partition coefficient (Wildman–Crippen LogP) is 2.49. The zero-order valence-electron chi connectivity index (χ0n) is 12.7. The highest BCUT2D eigenvalue weighted by Gasteiger charge is 2.26. The highest BCUT2D eigenvalue weighted by molar-refractivity contribution is 5.33. The number of nitrogens with zero attached hydrogens (tertiary/aromatic N) is 5. The molecule has 0 aliphatic carbocycles. The third-order valence-corrected chi connectivity index (χ3v) is 4.47. The molecule has 0 amide bonds. The van der Waals surface area contributed by atoms with Crippen LogP contribution in [-0.2, 0) is 6.54 Å². The van der Waals surface area contributed by atoms with Crippen LogP contribution in [0.2, 0.25) is 0 Å². The van der Waals surface area contributed by atoms with E-state index >= 15 is 0 Å². The Labute approximate surface area is 129 Å². The van der Waals surface area contributed by atoms with Gasteiger partial charge in [-0.15, -0.1) is 0 Å². The fraction of sp³-hybridized carbons (Fsp3) is 0.438. The maximum Gasteiger partial charge on any atom is 0.234 e. The first-order valence-electron chi connectivity index (χ1n) is 7.84. The van der Waals surface area contributed by atoms with Crippen LogP contribution in [0.15, 0.2) is 30.7 Å². The molecule has 3 aromatic heterocycles. The molecule has 22 heavy (non-hydrogen) atoms. The normalized spacial score (nSPS) is 19.8. The number of piperidine rings is 1. The predicted molar refractivity (Wildman–Crippen MR) is 83.3 cm³/mol. The van der Waals surface area contributed by atoms with Crippen LogP contribution in [-0.4, -0.2) is 36.0 Å². The third kappa shape index (κ3) is 2.39. The lowest BCUT2D eigenvalue weighted by Crippen LogP contribution is -2.33. The van der Waals surface area contributed by atoms with E-state index in [0.29, 0.717) is 6.04 Å². The Bertz CT molecular complexity index is 760. The molecule has 0 spiro atoms. The molecular weight excluding hydrogens is 276 g/mol. The lowest BCUT2D eigenvalue weighted by Gasteiger charge is -2.35. The second-order valence-corrected chi connectivity index (χ2v) is 5.98. The van der Waals surface area contributed by atoms with Crippen LogP contribution >= 0.6 is 0 Å². The molecule has 3 aromatic rings. The topological polar surface area (TPSA) is 62.1 Å². The standard InChI is InChI=1S/C16H20N6/c1-12-10-14(19-16-17-7-9-22(12)16)15-4-2-3-8-21(15)11-13-5-6-18-20-13/h5-7,9-10,15H,2-4,8,11H2,1H3,(H,18,20). The maximum absolute atomic E-state index is 4.78. The Morgan fingerprint density at radius 3 is 3.14 bits per heavy atom. The van der Waals surface area contributed by atoms with Crippen molar-refractivity contribution in [2.24, 2.45) is 0 Å². The Morgan fingerprint density at radius 1 is 1.32 bits per heavy atom. The number of H-pyrrole nitrogens is 1. The molecule has 4 heterocycles. The Hall–Kier alpha value is -2.21. The molecule has 0 bridgehead atoms. The van der Waals surface area contributed by atoms with E-state index in [1.807, 2.05) is 29.1 Å². The Kier molecular flexibility index (Phi) is 3.38. The number of aromatic amines is 1. The van der Waals surface area contributed by atoms with Gasteiger partial charge < -0.3 is 0 Å². The van der Waals surface area contributed by atoms with E-state index in [2.05, 4.69) is 33.1 Å². The van der Waals surface area contributed by atoms with Gasteiger partial charge in [-0.25, -0.2) is 9.97 Å². The molecule has 0 saturated carbocycles. The molecule has 6 heteroatoms. The second kappa shape index (κ2) is 5.53. The number of rotatable bonds is 3. The third-order valence-electron chi connectivity index (χ3n) is 4.47. The SMILES string of the molecule is Cc1cc(C2CCCCN2Cc2ccn[nH]2)nc2nccn12. The van der Waals surface area contributed by atoms with E-state index in [1.54, 1.807) is 0 Å². The summed E-state index contributed by atoms with van der Waals surface area (Å²) in [5, 5.41) is 7.12. The van der Waals surface area contributed by atoms with Gasteiger partial charge in [0.25, 0.3) is 0 Å². The van der Waals surface area contributed by atoms with Gasteiger partial charge in [-0.05, 0) is 38.4 Å². The first kappa shape index (κ1) is 13.5. The van der Waals surface area contributed by atoms with E-state index in [-0.39, 0.29) is 0 Å². The Balaban J connectivity index is 1.67. The van der Waals surface area contributed by atoms with Crippen molar-refractivity contribution in [3.8, 4) is 0 Å². The summed E-state index contributed by atoms with van der Waals surface area (Å²) >= 11 is 0. The van der Waals surface area contributed by atoms with Crippen LogP contribution in [0.5, 0.6) is 0 Å². The number of hydrogen-bond donors (Lipinski definition) is 1. The van der Waals surface area contributed by atoms with Crippen LogP contribution in [0.1, 0.15) is 42.4 Å². The van der Waals surface area contributed by atoms with Crippen molar-refractivity contribution in [1.82, 2.24) is 29.5 Å². The highest BCUT2D eigenvalue weighted by Crippen LogP contribution is 2.31. The van der Waals surface area contributed by atoms with Gasteiger partial charge in [-0.2, -0.15) is 5.10 Å². The summed E-state index contributed by atoms with van der Waals surface area (Å²) in [4.78, 5) is 11.6. The number of imidazole rings is 1. The van der Waals surface area contributed by atoms with Crippen LogP contribution in [0.25, 0.3) is 5.78 Å². The zero-order chi connectivity index (χ0) is 14.9. The van der Waals surface area contributed by atoms with Crippen LogP contribution < -0.4 is 0 Å². The molecule has 1 aliphatic rings. The molecular formula is C16H20N6. The van der Waals surface area contributed by atoms with Gasteiger partial charge in [0.2, 0.25) is 5.78 Å². The fourth-order valence-corrected chi connectivity index (χ4v) is 3.36. The van der Waals surface area contributed by atoms with E-state index in [1.165, 1.54) is 18.5 Å². The van der Waals surface area contributed by atoms with Gasteiger partial charge in [-0.3, -0.25) is 14.4 Å². The molecule has 0 aromatic carbocycles. The molecule has 1 unspecified atom stereocenters. The molecule has 114 valence electrons. The van der Waals surface area contributed by atoms with Crippen LogP contribution in [0.4, 0.5) is 0 Å². The molecule has 1 fully saturated rings. The largest absolute Gasteiger partial charge is 0.289 e. The second-order valence-electron chi connectivity index (χ2n) is 5.98. The lowest BCUT2D eigenvalue weighted by molar-refractivity contribution is 0.135. The van der Waals surface area contributed by atoms with Crippen molar-refractivity contribution in [3.63, 3.8) is 0 Å². The van der Waals surface area contributed by atoms with Gasteiger partial charge >= 0.3 is 0 Å². The lowest BCUT2D eigenvalue weighted by atomic mass is 9.98. The van der Waals surface area contributed by atoms with Gasteiger partial charge in [0, 0.05) is 36.5 Å². The first-order valence-corrected chi connectivity index (χ1v) is 7.84. The van der Waals surface area contributed by atoms with Crippen LogP contribution in [0.3, 0.4) is 0 Å². The minimum absolute atomic E-state index is 0.359. The van der Waals surface area contributed by atoms with Gasteiger partial charge in [-0.1, -0.05) is 6.42 Å². The van der Waals surface area contributed by atoms with Gasteiger partial charge in [0.1, 0.15) is 0 Å². The number of aryl methyl sites for hydroxylation is 1. The average Bonchev–Trinajstić information content (AvgIpc) is 3.19. The molecule has 0 radical (unpaired) electrons. The molecule has 1 N–H and O–H groups in total. The number of fused-ring (bicyclic) bond motifs is 1.